The molecule has 0 radical (unpaired) electrons. The molecule has 1 fully saturated rings. The minimum absolute atomic E-state index is 0.150. The van der Waals surface area contributed by atoms with Gasteiger partial charge in [-0.15, -0.1) is 0 Å². The van der Waals surface area contributed by atoms with E-state index in [0.29, 0.717) is 24.1 Å². The Hall–Kier alpha value is -3.71. The van der Waals surface area contributed by atoms with E-state index in [1.165, 1.54) is 13.2 Å². The highest BCUT2D eigenvalue weighted by molar-refractivity contribution is 6.07. The minimum Gasteiger partial charge on any atom is -0.453 e. The first-order chi connectivity index (χ1) is 15.5. The van der Waals surface area contributed by atoms with E-state index in [1.807, 2.05) is 30.3 Å². The number of hydrogen-bond donors (Lipinski definition) is 2. The van der Waals surface area contributed by atoms with Crippen molar-refractivity contribution in [3.63, 3.8) is 0 Å². The number of aliphatic hydroxyl groups is 1. The molecular formula is C25H25N3O4. The molecule has 0 spiro atoms. The topological polar surface area (TPSA) is 91.8 Å². The van der Waals surface area contributed by atoms with Crippen LogP contribution in [0, 0.1) is 0 Å². The van der Waals surface area contributed by atoms with Crippen molar-refractivity contribution in [2.24, 2.45) is 0 Å². The van der Waals surface area contributed by atoms with Crippen LogP contribution in [0.15, 0.2) is 60.7 Å². The summed E-state index contributed by atoms with van der Waals surface area (Å²) in [4.78, 5) is 31.0. The number of carbonyl (C=O) groups is 2. The summed E-state index contributed by atoms with van der Waals surface area (Å²) in [5.74, 6) is 0.667. The van der Waals surface area contributed by atoms with Crippen LogP contribution < -0.4 is 10.2 Å². The summed E-state index contributed by atoms with van der Waals surface area (Å²) in [6.07, 6.45) is 3.89. The molecule has 1 aromatic heterocycles. The van der Waals surface area contributed by atoms with E-state index < -0.39 is 6.09 Å². The molecule has 32 heavy (non-hydrogen) atoms. The number of amides is 1. The Morgan fingerprint density at radius 2 is 1.84 bits per heavy atom. The number of rotatable bonds is 5. The van der Waals surface area contributed by atoms with Gasteiger partial charge in [-0.25, -0.2) is 9.78 Å². The number of ketones is 1. The molecule has 7 heteroatoms. The van der Waals surface area contributed by atoms with Crippen LogP contribution >= 0.6 is 0 Å². The van der Waals surface area contributed by atoms with Gasteiger partial charge in [-0.05, 0) is 61.4 Å². The molecule has 1 saturated heterocycles. The number of para-hydroxylation sites is 1. The molecule has 2 N–H and O–H groups in total. The predicted molar refractivity (Wildman–Crippen MR) is 125 cm³/mol. The third kappa shape index (κ3) is 4.95. The second kappa shape index (κ2) is 9.62. The third-order valence-corrected chi connectivity index (χ3v) is 5.51. The molecule has 1 aliphatic heterocycles. The van der Waals surface area contributed by atoms with E-state index in [0.717, 1.165) is 35.4 Å². The molecule has 4 rings (SSSR count). The number of allylic oxidation sites excluding steroid dienone is 1. The number of piperidine rings is 1. The molecule has 1 amide bonds. The fraction of sp³-hybridized carbons (Fsp3) is 0.240. The Balaban J connectivity index is 1.59. The fourth-order valence-corrected chi connectivity index (χ4v) is 3.72. The summed E-state index contributed by atoms with van der Waals surface area (Å²) >= 11 is 0. The van der Waals surface area contributed by atoms with Crippen LogP contribution in [-0.4, -0.2) is 48.3 Å². The van der Waals surface area contributed by atoms with Gasteiger partial charge >= 0.3 is 6.09 Å². The summed E-state index contributed by atoms with van der Waals surface area (Å²) in [6, 6.07) is 16.5. The number of hydrogen-bond acceptors (Lipinski definition) is 6. The zero-order valence-corrected chi connectivity index (χ0v) is 17.8. The summed E-state index contributed by atoms with van der Waals surface area (Å²) in [5.41, 5.74) is 2.81. The Labute approximate surface area is 186 Å². The van der Waals surface area contributed by atoms with Gasteiger partial charge in [0.05, 0.1) is 18.7 Å². The van der Waals surface area contributed by atoms with Crippen LogP contribution in [0.25, 0.3) is 17.0 Å². The van der Waals surface area contributed by atoms with Crippen LogP contribution in [0.3, 0.4) is 0 Å². The fourth-order valence-electron chi connectivity index (χ4n) is 3.72. The maximum Gasteiger partial charge on any atom is 0.411 e. The van der Waals surface area contributed by atoms with Gasteiger partial charge < -0.3 is 14.7 Å². The largest absolute Gasteiger partial charge is 0.453 e. The number of fused-ring (bicyclic) bond motifs is 1. The van der Waals surface area contributed by atoms with E-state index in [-0.39, 0.29) is 11.9 Å². The van der Waals surface area contributed by atoms with Crippen molar-refractivity contribution in [3.05, 3.63) is 71.8 Å². The lowest BCUT2D eigenvalue weighted by molar-refractivity contribution is 0.104. The molecule has 0 unspecified atom stereocenters. The molecule has 3 aromatic rings. The number of nitrogens with zero attached hydrogens (tertiary/aromatic N) is 2. The number of methoxy groups -OCH3 is 1. The van der Waals surface area contributed by atoms with E-state index in [9.17, 15) is 14.7 Å². The molecule has 2 heterocycles. The molecular weight excluding hydrogens is 406 g/mol. The average molecular weight is 431 g/mol. The summed E-state index contributed by atoms with van der Waals surface area (Å²) in [6.45, 7) is 1.44. The first kappa shape index (κ1) is 21.5. The van der Waals surface area contributed by atoms with E-state index in [2.05, 4.69) is 15.0 Å². The number of ether oxygens (including phenoxy) is 1. The number of nitrogens with one attached hydrogen (secondary N) is 1. The van der Waals surface area contributed by atoms with Crippen molar-refractivity contribution >= 4 is 40.4 Å². The molecule has 2 aromatic carbocycles. The highest BCUT2D eigenvalue weighted by Gasteiger charge is 2.20. The van der Waals surface area contributed by atoms with Crippen LogP contribution in [-0.2, 0) is 4.74 Å². The number of aliphatic hydroxyl groups excluding tert-OH is 1. The zero-order valence-electron chi connectivity index (χ0n) is 17.8. The smallest absolute Gasteiger partial charge is 0.411 e. The maximum absolute atomic E-state index is 12.7. The lowest BCUT2D eigenvalue weighted by atomic mass is 10.0. The van der Waals surface area contributed by atoms with Gasteiger partial charge in [-0.2, -0.15) is 0 Å². The molecule has 0 bridgehead atoms. The Morgan fingerprint density at radius 1 is 1.12 bits per heavy atom. The Kier molecular flexibility index (Phi) is 6.47. The molecule has 7 nitrogen and oxygen atoms in total. The van der Waals surface area contributed by atoms with Gasteiger partial charge in [-0.1, -0.05) is 18.2 Å². The van der Waals surface area contributed by atoms with Gasteiger partial charge in [0.25, 0.3) is 0 Å². The lowest BCUT2D eigenvalue weighted by Gasteiger charge is -2.31. The summed E-state index contributed by atoms with van der Waals surface area (Å²) in [5, 5.41) is 13.4. The number of aromatic nitrogens is 1. The van der Waals surface area contributed by atoms with Crippen molar-refractivity contribution in [3.8, 4) is 0 Å². The Morgan fingerprint density at radius 3 is 2.56 bits per heavy atom. The van der Waals surface area contributed by atoms with Crippen molar-refractivity contribution in [1.82, 2.24) is 4.98 Å². The molecule has 0 saturated carbocycles. The number of pyridine rings is 1. The maximum atomic E-state index is 12.7. The van der Waals surface area contributed by atoms with Crippen LogP contribution in [0.1, 0.15) is 28.8 Å². The summed E-state index contributed by atoms with van der Waals surface area (Å²) < 4.78 is 4.57. The third-order valence-electron chi connectivity index (χ3n) is 5.51. The second-order valence-corrected chi connectivity index (χ2v) is 7.70. The molecule has 0 atom stereocenters. The van der Waals surface area contributed by atoms with Gasteiger partial charge in [0.1, 0.15) is 5.82 Å². The van der Waals surface area contributed by atoms with Gasteiger partial charge in [0, 0.05) is 35.3 Å². The number of anilines is 2. The zero-order chi connectivity index (χ0) is 22.5. The van der Waals surface area contributed by atoms with E-state index in [1.54, 1.807) is 30.3 Å². The minimum atomic E-state index is -0.564. The highest BCUT2D eigenvalue weighted by Crippen LogP contribution is 2.27. The van der Waals surface area contributed by atoms with Crippen molar-refractivity contribution in [2.45, 2.75) is 18.9 Å². The second-order valence-electron chi connectivity index (χ2n) is 7.70. The van der Waals surface area contributed by atoms with E-state index in [4.69, 9.17) is 4.98 Å². The first-order valence-corrected chi connectivity index (χ1v) is 10.5. The monoisotopic (exact) mass is 431 g/mol. The Bertz CT molecular complexity index is 1150. The van der Waals surface area contributed by atoms with Gasteiger partial charge in [0.15, 0.2) is 5.78 Å². The van der Waals surface area contributed by atoms with Crippen LogP contribution in [0.5, 0.6) is 0 Å². The van der Waals surface area contributed by atoms with Crippen LogP contribution in [0.2, 0.25) is 0 Å². The normalized spacial score (nSPS) is 14.6. The summed E-state index contributed by atoms with van der Waals surface area (Å²) in [7, 11) is 1.29. The van der Waals surface area contributed by atoms with Gasteiger partial charge in [-0.3, -0.25) is 10.1 Å². The molecule has 0 aliphatic carbocycles. The predicted octanol–water partition coefficient (Wildman–Crippen LogP) is 4.27. The van der Waals surface area contributed by atoms with Crippen molar-refractivity contribution in [2.75, 3.05) is 30.4 Å². The van der Waals surface area contributed by atoms with Crippen molar-refractivity contribution < 1.29 is 19.4 Å². The quantitative estimate of drug-likeness (QED) is 0.463. The molecule has 164 valence electrons. The SMILES string of the molecule is COC(=O)Nc1ccc(C(=O)C=Cc2cc3ccccc3nc2N2CCC(O)CC2)cc1. The highest BCUT2D eigenvalue weighted by atomic mass is 16.5. The van der Waals surface area contributed by atoms with Gasteiger partial charge in [0.2, 0.25) is 0 Å². The number of benzene rings is 2. The average Bonchev–Trinajstić information content (AvgIpc) is 2.83. The van der Waals surface area contributed by atoms with E-state index >= 15 is 0 Å². The van der Waals surface area contributed by atoms with Crippen LogP contribution in [0.4, 0.5) is 16.3 Å². The standard InChI is InChI=1S/C25H25N3O4/c1-32-25(31)26-20-9-6-17(7-10-20)23(30)11-8-19-16-18-4-2-3-5-22(18)27-24(19)28-14-12-21(29)13-15-28/h2-11,16,21,29H,12-15H2,1H3,(H,26,31). The lowest BCUT2D eigenvalue weighted by Crippen LogP contribution is -2.36. The van der Waals surface area contributed by atoms with Crippen molar-refractivity contribution in [1.29, 1.82) is 0 Å². The molecule has 1 aliphatic rings. The first-order valence-electron chi connectivity index (χ1n) is 10.5. The number of carbonyl (C=O) groups excluding carboxylic acids is 2.